The number of rotatable bonds is 4. The van der Waals surface area contributed by atoms with Crippen LogP contribution in [0.2, 0.25) is 0 Å². The number of nitrogens with two attached hydrogens (primary N) is 1. The van der Waals surface area contributed by atoms with Crippen LogP contribution < -0.4 is 5.73 Å². The summed E-state index contributed by atoms with van der Waals surface area (Å²) < 4.78 is 0. The largest absolute Gasteiger partial charge is 0.399 e. The molecule has 29 heavy (non-hydrogen) atoms. The Bertz CT molecular complexity index is 885. The van der Waals surface area contributed by atoms with Crippen molar-refractivity contribution in [3.8, 4) is 10.6 Å². The second kappa shape index (κ2) is 8.05. The van der Waals surface area contributed by atoms with E-state index in [-0.39, 0.29) is 5.91 Å². The predicted molar refractivity (Wildman–Crippen MR) is 117 cm³/mol. The Balaban J connectivity index is 1.17. The van der Waals surface area contributed by atoms with Crippen LogP contribution in [0.25, 0.3) is 10.6 Å². The van der Waals surface area contributed by atoms with Crippen molar-refractivity contribution >= 4 is 22.9 Å². The Hall–Kier alpha value is -1.96. The Labute approximate surface area is 176 Å². The first kappa shape index (κ1) is 19.0. The number of nitrogens with zero attached hydrogens (tertiary/aromatic N) is 4. The molecule has 0 unspecified atom stereocenters. The van der Waals surface area contributed by atoms with E-state index in [2.05, 4.69) is 20.8 Å². The van der Waals surface area contributed by atoms with Crippen LogP contribution in [0.4, 0.5) is 5.69 Å². The first-order valence-electron chi connectivity index (χ1n) is 10.7. The van der Waals surface area contributed by atoms with Crippen molar-refractivity contribution in [2.24, 2.45) is 0 Å². The Kier molecular flexibility index (Phi) is 5.28. The minimum atomic E-state index is 0.280. The molecule has 1 saturated carbocycles. The van der Waals surface area contributed by atoms with Crippen molar-refractivity contribution in [2.75, 3.05) is 45.0 Å². The quantitative estimate of drug-likeness (QED) is 0.783. The van der Waals surface area contributed by atoms with Gasteiger partial charge >= 0.3 is 0 Å². The summed E-state index contributed by atoms with van der Waals surface area (Å²) in [4.78, 5) is 25.9. The van der Waals surface area contributed by atoms with Crippen LogP contribution in [0.5, 0.6) is 0 Å². The van der Waals surface area contributed by atoms with Crippen LogP contribution >= 0.6 is 11.3 Å². The SMILES string of the molecule is Nc1cccc(-c2nc3c(s2)CN(CC(=O)N2CCN(C4CCC4)CC2)CC3)c1. The molecule has 5 rings (SSSR count). The van der Waals surface area contributed by atoms with E-state index < -0.39 is 0 Å². The molecule has 2 N–H and O–H groups in total. The smallest absolute Gasteiger partial charge is 0.236 e. The van der Waals surface area contributed by atoms with Crippen LogP contribution in [-0.2, 0) is 17.8 Å². The average Bonchev–Trinajstić information content (AvgIpc) is 3.11. The number of nitrogen functional groups attached to an aromatic ring is 1. The zero-order valence-corrected chi connectivity index (χ0v) is 17.7. The van der Waals surface area contributed by atoms with Crippen molar-refractivity contribution in [2.45, 2.75) is 38.3 Å². The number of carbonyl (C=O) groups excluding carboxylic acids is 1. The van der Waals surface area contributed by atoms with Crippen molar-refractivity contribution in [3.05, 3.63) is 34.8 Å². The van der Waals surface area contributed by atoms with E-state index in [1.165, 1.54) is 29.8 Å². The molecule has 1 amide bonds. The number of carbonyl (C=O) groups is 1. The van der Waals surface area contributed by atoms with E-state index in [0.29, 0.717) is 6.54 Å². The Morgan fingerprint density at radius 1 is 1.17 bits per heavy atom. The zero-order valence-electron chi connectivity index (χ0n) is 16.8. The van der Waals surface area contributed by atoms with Gasteiger partial charge in [0.25, 0.3) is 0 Å². The van der Waals surface area contributed by atoms with E-state index in [1.54, 1.807) is 11.3 Å². The number of aromatic nitrogens is 1. The number of anilines is 1. The third-order valence-electron chi connectivity index (χ3n) is 6.56. The highest BCUT2D eigenvalue weighted by atomic mass is 32.1. The lowest BCUT2D eigenvalue weighted by Gasteiger charge is -2.43. The fourth-order valence-electron chi connectivity index (χ4n) is 4.56. The first-order valence-corrected chi connectivity index (χ1v) is 11.6. The normalized spacial score (nSPS) is 21.0. The molecular formula is C22H29N5OS. The third kappa shape index (κ3) is 4.04. The summed E-state index contributed by atoms with van der Waals surface area (Å²) in [5.41, 5.74) is 8.96. The van der Waals surface area contributed by atoms with E-state index in [4.69, 9.17) is 10.7 Å². The molecule has 0 radical (unpaired) electrons. The number of benzene rings is 1. The summed E-state index contributed by atoms with van der Waals surface area (Å²) in [6, 6.07) is 8.70. The van der Waals surface area contributed by atoms with Gasteiger partial charge in [-0.05, 0) is 25.0 Å². The summed E-state index contributed by atoms with van der Waals surface area (Å²) in [5.74, 6) is 0.280. The minimum Gasteiger partial charge on any atom is -0.399 e. The highest BCUT2D eigenvalue weighted by Gasteiger charge is 2.30. The Morgan fingerprint density at radius 2 is 2.00 bits per heavy atom. The van der Waals surface area contributed by atoms with Crippen LogP contribution in [0.3, 0.4) is 0 Å². The summed E-state index contributed by atoms with van der Waals surface area (Å²) >= 11 is 1.74. The van der Waals surface area contributed by atoms with Gasteiger partial charge in [-0.25, -0.2) is 4.98 Å². The molecule has 1 aromatic carbocycles. The van der Waals surface area contributed by atoms with Crippen LogP contribution in [0.15, 0.2) is 24.3 Å². The molecule has 1 saturated heterocycles. The lowest BCUT2D eigenvalue weighted by molar-refractivity contribution is -0.135. The minimum absolute atomic E-state index is 0.280. The molecule has 2 aliphatic heterocycles. The van der Waals surface area contributed by atoms with Gasteiger partial charge in [0.05, 0.1) is 12.2 Å². The number of amides is 1. The fourth-order valence-corrected chi connectivity index (χ4v) is 5.70. The molecule has 2 fully saturated rings. The molecule has 6 nitrogen and oxygen atoms in total. The highest BCUT2D eigenvalue weighted by Crippen LogP contribution is 2.32. The molecule has 1 aliphatic carbocycles. The molecule has 0 atom stereocenters. The van der Waals surface area contributed by atoms with Crippen LogP contribution in [-0.4, -0.2) is 70.9 Å². The second-order valence-electron chi connectivity index (χ2n) is 8.48. The van der Waals surface area contributed by atoms with Gasteiger partial charge in [0.1, 0.15) is 5.01 Å². The molecule has 154 valence electrons. The molecule has 0 bridgehead atoms. The predicted octanol–water partition coefficient (Wildman–Crippen LogP) is 2.45. The topological polar surface area (TPSA) is 65.7 Å². The lowest BCUT2D eigenvalue weighted by Crippen LogP contribution is -2.55. The molecule has 3 aliphatic rings. The summed E-state index contributed by atoms with van der Waals surface area (Å²) in [6.07, 6.45) is 4.97. The molecular weight excluding hydrogens is 382 g/mol. The number of fused-ring (bicyclic) bond motifs is 1. The summed E-state index contributed by atoms with van der Waals surface area (Å²) in [5, 5.41) is 1.03. The van der Waals surface area contributed by atoms with E-state index in [9.17, 15) is 4.79 Å². The maximum Gasteiger partial charge on any atom is 0.236 e. The summed E-state index contributed by atoms with van der Waals surface area (Å²) in [7, 11) is 0. The van der Waals surface area contributed by atoms with Gasteiger partial charge in [0.2, 0.25) is 5.91 Å². The maximum atomic E-state index is 12.8. The van der Waals surface area contributed by atoms with Gasteiger partial charge in [-0.3, -0.25) is 14.6 Å². The maximum absolute atomic E-state index is 12.8. The number of thiazole rings is 1. The Morgan fingerprint density at radius 3 is 2.72 bits per heavy atom. The van der Waals surface area contributed by atoms with Gasteiger partial charge in [0.15, 0.2) is 0 Å². The second-order valence-corrected chi connectivity index (χ2v) is 9.56. The van der Waals surface area contributed by atoms with Gasteiger partial charge < -0.3 is 10.6 Å². The standard InChI is InChI=1S/C22H29N5OS/c23-17-4-1-3-16(13-17)22-24-19-7-8-25(14-20(19)29-22)15-21(28)27-11-9-26(10-12-27)18-5-2-6-18/h1,3-4,13,18H,2,5-12,14-15,23H2. The molecule has 0 spiro atoms. The zero-order chi connectivity index (χ0) is 19.8. The number of piperazine rings is 1. The van der Waals surface area contributed by atoms with Gasteiger partial charge in [0, 0.05) is 67.9 Å². The fraction of sp³-hybridized carbons (Fsp3) is 0.545. The van der Waals surface area contributed by atoms with Crippen molar-refractivity contribution in [1.82, 2.24) is 19.7 Å². The average molecular weight is 412 g/mol. The van der Waals surface area contributed by atoms with Crippen molar-refractivity contribution in [1.29, 1.82) is 0 Å². The summed E-state index contributed by atoms with van der Waals surface area (Å²) in [6.45, 7) is 6.10. The van der Waals surface area contributed by atoms with Gasteiger partial charge in [-0.2, -0.15) is 0 Å². The van der Waals surface area contributed by atoms with Crippen LogP contribution in [0, 0.1) is 0 Å². The highest BCUT2D eigenvalue weighted by molar-refractivity contribution is 7.15. The van der Waals surface area contributed by atoms with E-state index in [0.717, 1.165) is 68.0 Å². The monoisotopic (exact) mass is 411 g/mol. The van der Waals surface area contributed by atoms with Crippen molar-refractivity contribution < 1.29 is 4.79 Å². The number of hydrogen-bond acceptors (Lipinski definition) is 6. The molecule has 3 heterocycles. The number of hydrogen-bond donors (Lipinski definition) is 1. The lowest BCUT2D eigenvalue weighted by atomic mass is 9.91. The van der Waals surface area contributed by atoms with E-state index in [1.807, 2.05) is 18.2 Å². The van der Waals surface area contributed by atoms with Crippen LogP contribution in [0.1, 0.15) is 29.8 Å². The van der Waals surface area contributed by atoms with Crippen molar-refractivity contribution in [3.63, 3.8) is 0 Å². The molecule has 2 aromatic rings. The van der Waals surface area contributed by atoms with Gasteiger partial charge in [-0.15, -0.1) is 11.3 Å². The first-order chi connectivity index (χ1) is 14.2. The third-order valence-corrected chi connectivity index (χ3v) is 7.69. The molecule has 7 heteroatoms. The van der Waals surface area contributed by atoms with E-state index >= 15 is 0 Å². The van der Waals surface area contributed by atoms with Gasteiger partial charge in [-0.1, -0.05) is 18.6 Å². The molecule has 1 aromatic heterocycles.